The topological polar surface area (TPSA) is 29.5 Å². The van der Waals surface area contributed by atoms with Crippen molar-refractivity contribution in [2.45, 2.75) is 142 Å². The summed E-state index contributed by atoms with van der Waals surface area (Å²) in [7, 11) is 0. The normalized spacial score (nSPS) is 10.7. The lowest BCUT2D eigenvalue weighted by Crippen LogP contribution is -1.97. The van der Waals surface area contributed by atoms with E-state index in [0.717, 1.165) is 13.2 Å². The molecule has 2 nitrogen and oxygen atoms in total. The van der Waals surface area contributed by atoms with Crippen LogP contribution in [0, 0.1) is 0 Å². The third kappa shape index (κ3) is 27.0. The SMILES string of the molecule is CCCCCCCCCCCCOCCCCCCCCCCCC.Oc1ccccc1. The Bertz CT molecular complexity index is 410. The van der Waals surface area contributed by atoms with Crippen molar-refractivity contribution < 1.29 is 9.84 Å². The number of benzene rings is 1. The van der Waals surface area contributed by atoms with E-state index in [4.69, 9.17) is 9.84 Å². The fourth-order valence-electron chi connectivity index (χ4n) is 3.91. The van der Waals surface area contributed by atoms with Crippen molar-refractivity contribution in [1.82, 2.24) is 0 Å². The number of phenols is 1. The van der Waals surface area contributed by atoms with Gasteiger partial charge in [-0.2, -0.15) is 0 Å². The summed E-state index contributed by atoms with van der Waals surface area (Å²) in [4.78, 5) is 0. The molecule has 188 valence electrons. The Morgan fingerprint density at radius 2 is 0.781 bits per heavy atom. The molecule has 0 aliphatic carbocycles. The number of hydrogen-bond acceptors (Lipinski definition) is 2. The van der Waals surface area contributed by atoms with Crippen molar-refractivity contribution >= 4 is 0 Å². The zero-order chi connectivity index (χ0) is 23.4. The van der Waals surface area contributed by atoms with Crippen LogP contribution in [0.5, 0.6) is 5.75 Å². The van der Waals surface area contributed by atoms with Crippen LogP contribution in [-0.2, 0) is 4.74 Å². The lowest BCUT2D eigenvalue weighted by atomic mass is 10.1. The third-order valence-corrected chi connectivity index (χ3v) is 6.04. The Morgan fingerprint density at radius 1 is 0.469 bits per heavy atom. The Labute approximate surface area is 201 Å². The largest absolute Gasteiger partial charge is 0.508 e. The molecule has 1 rings (SSSR count). The average Bonchev–Trinajstić information content (AvgIpc) is 2.81. The van der Waals surface area contributed by atoms with E-state index < -0.39 is 0 Å². The summed E-state index contributed by atoms with van der Waals surface area (Å²) in [5, 5.41) is 8.63. The lowest BCUT2D eigenvalue weighted by Gasteiger charge is -2.05. The van der Waals surface area contributed by atoms with Crippen LogP contribution in [0.15, 0.2) is 30.3 Å². The summed E-state index contributed by atoms with van der Waals surface area (Å²) in [6, 6.07) is 8.71. The smallest absolute Gasteiger partial charge is 0.115 e. The molecule has 0 aliphatic heterocycles. The van der Waals surface area contributed by atoms with Gasteiger partial charge < -0.3 is 9.84 Å². The number of aromatic hydroxyl groups is 1. The number of ether oxygens (including phenoxy) is 1. The van der Waals surface area contributed by atoms with Crippen LogP contribution >= 0.6 is 0 Å². The predicted molar refractivity (Wildman–Crippen MR) is 143 cm³/mol. The molecular weight excluding hydrogens is 392 g/mol. The van der Waals surface area contributed by atoms with Crippen LogP contribution in [0.2, 0.25) is 0 Å². The van der Waals surface area contributed by atoms with E-state index in [0.29, 0.717) is 5.75 Å². The number of phenolic OH excluding ortho intramolecular Hbond substituents is 1. The first-order chi connectivity index (χ1) is 15.8. The van der Waals surface area contributed by atoms with Gasteiger partial charge in [0.25, 0.3) is 0 Å². The first-order valence-corrected chi connectivity index (χ1v) is 14.1. The lowest BCUT2D eigenvalue weighted by molar-refractivity contribution is 0.125. The number of rotatable bonds is 22. The molecule has 0 saturated heterocycles. The van der Waals surface area contributed by atoms with Crippen LogP contribution in [-0.4, -0.2) is 18.3 Å². The maximum atomic E-state index is 8.63. The monoisotopic (exact) mass is 448 g/mol. The van der Waals surface area contributed by atoms with Crippen LogP contribution in [0.25, 0.3) is 0 Å². The second-order valence-electron chi connectivity index (χ2n) is 9.31. The van der Waals surface area contributed by atoms with Crippen molar-refractivity contribution in [3.05, 3.63) is 30.3 Å². The number of hydrogen-bond donors (Lipinski definition) is 1. The molecule has 0 aromatic heterocycles. The summed E-state index contributed by atoms with van der Waals surface area (Å²) in [5.41, 5.74) is 0. The molecular formula is C30H56O2. The molecule has 0 saturated carbocycles. The van der Waals surface area contributed by atoms with Gasteiger partial charge in [-0.3, -0.25) is 0 Å². The second-order valence-corrected chi connectivity index (χ2v) is 9.31. The maximum absolute atomic E-state index is 8.63. The summed E-state index contributed by atoms with van der Waals surface area (Å²) in [6.07, 6.45) is 28.2. The van der Waals surface area contributed by atoms with Gasteiger partial charge in [-0.05, 0) is 25.0 Å². The van der Waals surface area contributed by atoms with Gasteiger partial charge in [0, 0.05) is 13.2 Å². The molecule has 0 aliphatic rings. The van der Waals surface area contributed by atoms with Gasteiger partial charge >= 0.3 is 0 Å². The Hall–Kier alpha value is -1.02. The average molecular weight is 449 g/mol. The van der Waals surface area contributed by atoms with Crippen molar-refractivity contribution in [2.24, 2.45) is 0 Å². The molecule has 0 fully saturated rings. The van der Waals surface area contributed by atoms with Gasteiger partial charge in [-0.25, -0.2) is 0 Å². The molecule has 0 radical (unpaired) electrons. The van der Waals surface area contributed by atoms with Crippen LogP contribution in [0.1, 0.15) is 142 Å². The van der Waals surface area contributed by atoms with Crippen molar-refractivity contribution in [3.8, 4) is 5.75 Å². The highest BCUT2D eigenvalue weighted by Crippen LogP contribution is 2.12. The standard InChI is InChI=1S/C24H50O.C6H6O/c1-3-5-7-9-11-13-15-17-19-21-23-25-24-22-20-18-16-14-12-10-8-6-4-2;7-6-4-2-1-3-5-6/h3-24H2,1-2H3;1-5,7H. The fraction of sp³-hybridized carbons (Fsp3) is 0.800. The summed E-state index contributed by atoms with van der Waals surface area (Å²) < 4.78 is 5.78. The number of para-hydroxylation sites is 1. The highest BCUT2D eigenvalue weighted by molar-refractivity contribution is 5.18. The van der Waals surface area contributed by atoms with Crippen molar-refractivity contribution in [3.63, 3.8) is 0 Å². The minimum Gasteiger partial charge on any atom is -0.508 e. The second kappa shape index (κ2) is 28.0. The maximum Gasteiger partial charge on any atom is 0.115 e. The molecule has 1 aromatic carbocycles. The van der Waals surface area contributed by atoms with Gasteiger partial charge in [-0.15, -0.1) is 0 Å². The van der Waals surface area contributed by atoms with Gasteiger partial charge in [0.1, 0.15) is 5.75 Å². The van der Waals surface area contributed by atoms with E-state index in [1.54, 1.807) is 24.3 Å². The van der Waals surface area contributed by atoms with Gasteiger partial charge in [0.2, 0.25) is 0 Å². The molecule has 2 heteroatoms. The Balaban J connectivity index is 0.00000115. The zero-order valence-corrected chi connectivity index (χ0v) is 21.8. The van der Waals surface area contributed by atoms with E-state index >= 15 is 0 Å². The number of unbranched alkanes of at least 4 members (excludes halogenated alkanes) is 18. The van der Waals surface area contributed by atoms with Crippen molar-refractivity contribution in [2.75, 3.05) is 13.2 Å². The molecule has 1 N–H and O–H groups in total. The first-order valence-electron chi connectivity index (χ1n) is 14.1. The minimum atomic E-state index is 0.322. The molecule has 0 unspecified atom stereocenters. The Morgan fingerprint density at radius 3 is 1.06 bits per heavy atom. The summed E-state index contributed by atoms with van der Waals surface area (Å²) in [6.45, 7) is 6.57. The summed E-state index contributed by atoms with van der Waals surface area (Å²) >= 11 is 0. The quantitative estimate of drug-likeness (QED) is 0.179. The Kier molecular flexibility index (Phi) is 27.1. The van der Waals surface area contributed by atoms with E-state index in [1.807, 2.05) is 6.07 Å². The molecule has 0 spiro atoms. The van der Waals surface area contributed by atoms with Crippen LogP contribution in [0.3, 0.4) is 0 Å². The van der Waals surface area contributed by atoms with E-state index in [9.17, 15) is 0 Å². The highest BCUT2D eigenvalue weighted by atomic mass is 16.5. The molecule has 0 amide bonds. The van der Waals surface area contributed by atoms with Gasteiger partial charge in [-0.1, -0.05) is 148 Å². The molecule has 1 aromatic rings. The summed E-state index contributed by atoms with van der Waals surface area (Å²) in [5.74, 6) is 0.322. The highest BCUT2D eigenvalue weighted by Gasteiger charge is 1.95. The van der Waals surface area contributed by atoms with E-state index in [-0.39, 0.29) is 0 Å². The van der Waals surface area contributed by atoms with Crippen LogP contribution < -0.4 is 0 Å². The molecule has 32 heavy (non-hydrogen) atoms. The van der Waals surface area contributed by atoms with Gasteiger partial charge in [0.05, 0.1) is 0 Å². The third-order valence-electron chi connectivity index (χ3n) is 6.04. The molecule has 0 atom stereocenters. The molecule has 0 bridgehead atoms. The van der Waals surface area contributed by atoms with Gasteiger partial charge in [0.15, 0.2) is 0 Å². The van der Waals surface area contributed by atoms with E-state index in [1.165, 1.54) is 128 Å². The zero-order valence-electron chi connectivity index (χ0n) is 21.8. The van der Waals surface area contributed by atoms with Crippen LogP contribution in [0.4, 0.5) is 0 Å². The van der Waals surface area contributed by atoms with Crippen molar-refractivity contribution in [1.29, 1.82) is 0 Å². The fourth-order valence-corrected chi connectivity index (χ4v) is 3.91. The van der Waals surface area contributed by atoms with E-state index in [2.05, 4.69) is 13.8 Å². The molecule has 0 heterocycles. The first kappa shape index (κ1) is 31.0. The minimum absolute atomic E-state index is 0.322. The predicted octanol–water partition coefficient (Wildman–Crippen LogP) is 10.2.